The predicted octanol–water partition coefficient (Wildman–Crippen LogP) is -0.100. The van der Waals surface area contributed by atoms with Crippen molar-refractivity contribution in [2.45, 2.75) is 23.9 Å². The molecule has 0 saturated carbocycles. The van der Waals surface area contributed by atoms with Gasteiger partial charge in [0.2, 0.25) is 11.8 Å². The Labute approximate surface area is 159 Å². The highest BCUT2D eigenvalue weighted by Gasteiger charge is 2.57. The van der Waals surface area contributed by atoms with Crippen LogP contribution in [0.3, 0.4) is 0 Å². The van der Waals surface area contributed by atoms with Gasteiger partial charge in [-0.3, -0.25) is 9.59 Å². The van der Waals surface area contributed by atoms with Crippen molar-refractivity contribution >= 4 is 39.7 Å². The third kappa shape index (κ3) is 4.08. The molecule has 0 bridgehead atoms. The van der Waals surface area contributed by atoms with Crippen molar-refractivity contribution < 1.29 is 32.1 Å². The summed E-state index contributed by atoms with van der Waals surface area (Å²) in [6, 6.07) is 6.53. The number of nitrogens with one attached hydrogen (secondary N) is 1. The number of carbonyl (C=O) groups is 3. The van der Waals surface area contributed by atoms with Crippen LogP contribution in [-0.2, 0) is 35.1 Å². The first-order valence-electron chi connectivity index (χ1n) is 7.80. The molecule has 2 heterocycles. The van der Waals surface area contributed by atoms with Crippen molar-refractivity contribution in [3.8, 4) is 0 Å². The SMILES string of the molecule is CS(=O)(=O)OC1=CS[C@H]2C(NC(=O)Cc3ccccc3)C(=O)N2C1C(=O)O. The quantitative estimate of drug-likeness (QED) is 0.489. The Morgan fingerprint density at radius 3 is 2.56 bits per heavy atom. The van der Waals surface area contributed by atoms with Gasteiger partial charge in [-0.05, 0) is 5.56 Å². The van der Waals surface area contributed by atoms with Crippen LogP contribution in [0.2, 0.25) is 0 Å². The van der Waals surface area contributed by atoms with E-state index in [0.29, 0.717) is 0 Å². The fourth-order valence-electron chi connectivity index (χ4n) is 2.86. The number of fused-ring (bicyclic) bond motifs is 1. The van der Waals surface area contributed by atoms with Crippen LogP contribution in [0.1, 0.15) is 5.56 Å². The first-order valence-corrected chi connectivity index (χ1v) is 10.6. The molecule has 1 aromatic carbocycles. The Morgan fingerprint density at radius 1 is 1.30 bits per heavy atom. The molecule has 0 aliphatic carbocycles. The molecule has 27 heavy (non-hydrogen) atoms. The van der Waals surface area contributed by atoms with Crippen LogP contribution in [0.4, 0.5) is 0 Å². The zero-order chi connectivity index (χ0) is 19.8. The fourth-order valence-corrected chi connectivity index (χ4v) is 4.56. The maximum absolute atomic E-state index is 12.4. The molecule has 9 nitrogen and oxygen atoms in total. The van der Waals surface area contributed by atoms with Crippen LogP contribution >= 0.6 is 11.8 Å². The molecule has 1 aromatic rings. The lowest BCUT2D eigenvalue weighted by Crippen LogP contribution is -2.74. The zero-order valence-corrected chi connectivity index (χ0v) is 15.7. The van der Waals surface area contributed by atoms with Gasteiger partial charge in [0.25, 0.3) is 0 Å². The smallest absolute Gasteiger partial charge is 0.334 e. The van der Waals surface area contributed by atoms with Crippen molar-refractivity contribution in [3.05, 3.63) is 47.1 Å². The van der Waals surface area contributed by atoms with Gasteiger partial charge in [-0.15, -0.1) is 11.8 Å². The molecule has 1 fully saturated rings. The molecule has 2 unspecified atom stereocenters. The molecule has 2 amide bonds. The Kier molecular flexibility index (Phi) is 5.16. The minimum absolute atomic E-state index is 0.0860. The summed E-state index contributed by atoms with van der Waals surface area (Å²) in [5, 5.41) is 12.6. The molecule has 11 heteroatoms. The summed E-state index contributed by atoms with van der Waals surface area (Å²) in [6.45, 7) is 0. The minimum atomic E-state index is -3.94. The van der Waals surface area contributed by atoms with E-state index in [0.717, 1.165) is 28.5 Å². The molecule has 1 saturated heterocycles. The van der Waals surface area contributed by atoms with E-state index in [2.05, 4.69) is 5.32 Å². The Morgan fingerprint density at radius 2 is 1.96 bits per heavy atom. The van der Waals surface area contributed by atoms with Gasteiger partial charge in [-0.25, -0.2) is 4.79 Å². The number of carboxylic acid groups (broad SMARTS) is 1. The Balaban J connectivity index is 1.72. The first-order chi connectivity index (χ1) is 12.7. The number of β-lactam (4-membered cyclic amide) rings is 1. The van der Waals surface area contributed by atoms with Gasteiger partial charge in [0.1, 0.15) is 11.4 Å². The van der Waals surface area contributed by atoms with Gasteiger partial charge < -0.3 is 19.5 Å². The summed E-state index contributed by atoms with van der Waals surface area (Å²) < 4.78 is 27.3. The number of rotatable bonds is 6. The lowest BCUT2D eigenvalue weighted by molar-refractivity contribution is -0.161. The maximum Gasteiger partial charge on any atom is 0.334 e. The van der Waals surface area contributed by atoms with Gasteiger partial charge in [0.15, 0.2) is 11.8 Å². The van der Waals surface area contributed by atoms with E-state index < -0.39 is 39.5 Å². The largest absolute Gasteiger partial charge is 0.479 e. The number of carboxylic acids is 1. The second-order valence-electron chi connectivity index (χ2n) is 6.03. The average molecular weight is 412 g/mol. The number of hydrogen-bond acceptors (Lipinski definition) is 7. The van der Waals surface area contributed by atoms with E-state index in [1.807, 2.05) is 6.07 Å². The van der Waals surface area contributed by atoms with Gasteiger partial charge in [-0.1, -0.05) is 30.3 Å². The van der Waals surface area contributed by atoms with Crippen molar-refractivity contribution in [3.63, 3.8) is 0 Å². The van der Waals surface area contributed by atoms with Gasteiger partial charge in [0, 0.05) is 5.41 Å². The van der Waals surface area contributed by atoms with Crippen LogP contribution in [0, 0.1) is 0 Å². The highest BCUT2D eigenvalue weighted by atomic mass is 32.2. The fraction of sp³-hybridized carbons (Fsp3) is 0.312. The number of aliphatic carboxylic acids is 1. The number of thioether (sulfide) groups is 1. The molecule has 0 aromatic heterocycles. The average Bonchev–Trinajstić information content (AvgIpc) is 2.58. The van der Waals surface area contributed by atoms with Crippen LogP contribution in [-0.4, -0.2) is 59.9 Å². The number of hydrogen-bond donors (Lipinski definition) is 2. The molecule has 2 N–H and O–H groups in total. The summed E-state index contributed by atoms with van der Waals surface area (Å²) in [5.41, 5.74) is 0.780. The topological polar surface area (TPSA) is 130 Å². The second kappa shape index (κ2) is 7.24. The normalized spacial score (nSPS) is 24.3. The number of carbonyl (C=O) groups excluding carboxylic acids is 2. The summed E-state index contributed by atoms with van der Waals surface area (Å²) >= 11 is 1.02. The van der Waals surface area contributed by atoms with Crippen LogP contribution < -0.4 is 5.32 Å². The molecular weight excluding hydrogens is 396 g/mol. The molecule has 3 atom stereocenters. The number of amides is 2. The third-order valence-corrected chi connectivity index (χ3v) is 5.60. The van der Waals surface area contributed by atoms with Crippen LogP contribution in [0.5, 0.6) is 0 Å². The second-order valence-corrected chi connectivity index (χ2v) is 8.59. The summed E-state index contributed by atoms with van der Waals surface area (Å²) in [6.07, 6.45) is 0.872. The first kappa shape index (κ1) is 19.2. The van der Waals surface area contributed by atoms with Crippen molar-refractivity contribution in [1.82, 2.24) is 10.2 Å². The minimum Gasteiger partial charge on any atom is -0.479 e. The molecule has 2 aliphatic heterocycles. The lowest BCUT2D eigenvalue weighted by atomic mass is 10.0. The van der Waals surface area contributed by atoms with E-state index in [1.165, 1.54) is 5.41 Å². The highest BCUT2D eigenvalue weighted by Crippen LogP contribution is 2.40. The van der Waals surface area contributed by atoms with E-state index in [9.17, 15) is 27.9 Å². The molecular formula is C16H16N2O7S2. The Hall–Kier alpha value is -2.53. The van der Waals surface area contributed by atoms with E-state index in [-0.39, 0.29) is 18.1 Å². The molecule has 144 valence electrons. The van der Waals surface area contributed by atoms with E-state index >= 15 is 0 Å². The summed E-state index contributed by atoms with van der Waals surface area (Å²) in [5.74, 6) is -2.75. The van der Waals surface area contributed by atoms with Gasteiger partial charge >= 0.3 is 16.1 Å². The third-order valence-electron chi connectivity index (χ3n) is 3.96. The van der Waals surface area contributed by atoms with Gasteiger partial charge in [-0.2, -0.15) is 8.42 Å². The van der Waals surface area contributed by atoms with Crippen LogP contribution in [0.25, 0.3) is 0 Å². The standard InChI is InChI=1S/C16H16N2O7S2/c1-27(23,24)25-10-8-26-15-12(14(20)18(15)13(10)16(21)22)17-11(19)7-9-5-3-2-4-6-9/h2-6,8,12-13,15H,7H2,1H3,(H,17,19)(H,21,22)/t12?,13?,15-/m0/s1. The van der Waals surface area contributed by atoms with Crippen molar-refractivity contribution in [2.75, 3.05) is 6.26 Å². The predicted molar refractivity (Wildman–Crippen MR) is 95.7 cm³/mol. The molecule has 3 rings (SSSR count). The van der Waals surface area contributed by atoms with E-state index in [1.54, 1.807) is 24.3 Å². The zero-order valence-electron chi connectivity index (χ0n) is 14.1. The lowest BCUT2D eigenvalue weighted by Gasteiger charge is -2.50. The number of benzene rings is 1. The van der Waals surface area contributed by atoms with Gasteiger partial charge in [0.05, 0.1) is 12.7 Å². The summed E-state index contributed by atoms with van der Waals surface area (Å²) in [7, 11) is -3.94. The van der Waals surface area contributed by atoms with Crippen molar-refractivity contribution in [2.24, 2.45) is 0 Å². The summed E-state index contributed by atoms with van der Waals surface area (Å²) in [4.78, 5) is 37.1. The molecule has 0 radical (unpaired) electrons. The molecule has 0 spiro atoms. The Bertz CT molecular complexity index is 914. The monoisotopic (exact) mass is 412 g/mol. The highest BCUT2D eigenvalue weighted by molar-refractivity contribution is 8.03. The van der Waals surface area contributed by atoms with E-state index in [4.69, 9.17) is 4.18 Å². The maximum atomic E-state index is 12.4. The number of nitrogens with zero attached hydrogens (tertiary/aromatic N) is 1. The van der Waals surface area contributed by atoms with Crippen molar-refractivity contribution in [1.29, 1.82) is 0 Å². The molecule has 2 aliphatic rings. The van der Waals surface area contributed by atoms with Crippen LogP contribution in [0.15, 0.2) is 41.5 Å².